The highest BCUT2D eigenvalue weighted by Gasteiger charge is 2.28. The van der Waals surface area contributed by atoms with Gasteiger partial charge in [0.15, 0.2) is 0 Å². The third-order valence-corrected chi connectivity index (χ3v) is 8.21. The summed E-state index contributed by atoms with van der Waals surface area (Å²) in [6.07, 6.45) is 1.39. The molecule has 0 radical (unpaired) electrons. The monoisotopic (exact) mass is 635 g/mol. The van der Waals surface area contributed by atoms with Crippen molar-refractivity contribution in [3.05, 3.63) is 118 Å². The van der Waals surface area contributed by atoms with Gasteiger partial charge in [0.25, 0.3) is 15.9 Å². The first kappa shape index (κ1) is 29.5. The van der Waals surface area contributed by atoms with Crippen LogP contribution in [0.2, 0.25) is 0 Å². The van der Waals surface area contributed by atoms with Crippen LogP contribution < -0.4 is 19.2 Å². The topological polar surface area (TPSA) is 114 Å². The molecule has 0 atom stereocenters. The zero-order valence-electron chi connectivity index (χ0n) is 22.2. The third-order valence-electron chi connectivity index (χ3n) is 5.82. The number of ether oxygens (including phenoxy) is 2. The van der Waals surface area contributed by atoms with E-state index >= 15 is 0 Å². The lowest BCUT2D eigenvalue weighted by atomic mass is 10.2. The fraction of sp³-hybridized carbons (Fsp3) is 0.100. The van der Waals surface area contributed by atoms with Crippen LogP contribution in [0.5, 0.6) is 11.5 Å². The molecule has 0 aliphatic rings. The highest BCUT2D eigenvalue weighted by atomic mass is 79.9. The maximum Gasteiger partial charge on any atom is 0.343 e. The molecule has 0 saturated carbocycles. The molecule has 4 aromatic carbocycles. The largest absolute Gasteiger partial charge is 0.496 e. The van der Waals surface area contributed by atoms with Gasteiger partial charge in [0.1, 0.15) is 18.0 Å². The molecule has 0 aliphatic carbocycles. The molecular weight excluding hydrogens is 610 g/mol. The van der Waals surface area contributed by atoms with Gasteiger partial charge in [0, 0.05) is 0 Å². The van der Waals surface area contributed by atoms with Gasteiger partial charge < -0.3 is 9.47 Å². The zero-order chi connectivity index (χ0) is 29.4. The Kier molecular flexibility index (Phi) is 9.53. The third kappa shape index (κ3) is 7.59. The standard InChI is InChI=1S/C30H26BrN3O6S/c1-21-8-12-24(13-9-21)34(41(37,38)26-16-17-28(39-2)27(31)18-26)20-29(35)33-32-19-22-10-14-25(15-11-22)40-30(36)23-6-4-3-5-7-23/h3-19H,20H2,1-2H3,(H,33,35)/b32-19-. The van der Waals surface area contributed by atoms with Crippen LogP contribution in [0.25, 0.3) is 0 Å². The van der Waals surface area contributed by atoms with E-state index in [1.165, 1.54) is 31.5 Å². The second kappa shape index (κ2) is 13.2. The predicted octanol–water partition coefficient (Wildman–Crippen LogP) is 5.33. The number of amides is 1. The number of hydrazone groups is 1. The van der Waals surface area contributed by atoms with Gasteiger partial charge in [-0.25, -0.2) is 18.6 Å². The van der Waals surface area contributed by atoms with Gasteiger partial charge in [0.2, 0.25) is 0 Å². The zero-order valence-corrected chi connectivity index (χ0v) is 24.6. The van der Waals surface area contributed by atoms with Crippen molar-refractivity contribution in [1.29, 1.82) is 0 Å². The fourth-order valence-corrected chi connectivity index (χ4v) is 5.81. The number of nitrogens with zero attached hydrogens (tertiary/aromatic N) is 2. The molecule has 11 heteroatoms. The van der Waals surface area contributed by atoms with Gasteiger partial charge in [-0.2, -0.15) is 5.10 Å². The molecule has 0 spiro atoms. The number of nitrogens with one attached hydrogen (secondary N) is 1. The van der Waals surface area contributed by atoms with Gasteiger partial charge in [0.05, 0.1) is 33.9 Å². The van der Waals surface area contributed by atoms with E-state index in [1.807, 2.05) is 13.0 Å². The number of sulfonamides is 1. The predicted molar refractivity (Wildman–Crippen MR) is 160 cm³/mol. The minimum absolute atomic E-state index is 0.0184. The Hall–Kier alpha value is -4.48. The summed E-state index contributed by atoms with van der Waals surface area (Å²) in [7, 11) is -2.65. The van der Waals surface area contributed by atoms with E-state index < -0.39 is 28.4 Å². The Bertz CT molecular complexity index is 1660. The second-order valence-corrected chi connectivity index (χ2v) is 11.5. The van der Waals surface area contributed by atoms with Crippen molar-refractivity contribution in [2.45, 2.75) is 11.8 Å². The number of halogens is 1. The van der Waals surface area contributed by atoms with Gasteiger partial charge in [-0.05, 0) is 95.1 Å². The number of rotatable bonds is 10. The Balaban J connectivity index is 1.45. The van der Waals surface area contributed by atoms with E-state index in [0.29, 0.717) is 32.8 Å². The van der Waals surface area contributed by atoms with Crippen LogP contribution in [0.15, 0.2) is 112 Å². The van der Waals surface area contributed by atoms with Gasteiger partial charge in [-0.1, -0.05) is 35.9 Å². The van der Waals surface area contributed by atoms with Crippen LogP contribution in [0, 0.1) is 6.92 Å². The maximum atomic E-state index is 13.6. The van der Waals surface area contributed by atoms with E-state index in [9.17, 15) is 18.0 Å². The minimum atomic E-state index is -4.13. The van der Waals surface area contributed by atoms with E-state index in [2.05, 4.69) is 26.5 Å². The Labute approximate surface area is 246 Å². The summed E-state index contributed by atoms with van der Waals surface area (Å²) in [5, 5.41) is 3.95. The number of carbonyl (C=O) groups excluding carboxylic acids is 2. The highest BCUT2D eigenvalue weighted by Crippen LogP contribution is 2.30. The number of hydrogen-bond donors (Lipinski definition) is 1. The van der Waals surface area contributed by atoms with E-state index in [1.54, 1.807) is 72.8 Å². The SMILES string of the molecule is COc1ccc(S(=O)(=O)N(CC(=O)N/N=C\c2ccc(OC(=O)c3ccccc3)cc2)c2ccc(C)cc2)cc1Br. The van der Waals surface area contributed by atoms with Crippen molar-refractivity contribution in [2.24, 2.45) is 5.10 Å². The first-order chi connectivity index (χ1) is 19.7. The molecule has 0 aliphatic heterocycles. The molecule has 1 N–H and O–H groups in total. The van der Waals surface area contributed by atoms with Gasteiger partial charge in [-0.15, -0.1) is 0 Å². The molecular formula is C30H26BrN3O6S. The number of hydrogen-bond acceptors (Lipinski definition) is 7. The number of anilines is 1. The molecule has 4 rings (SSSR count). The lowest BCUT2D eigenvalue weighted by Gasteiger charge is -2.24. The average molecular weight is 637 g/mol. The van der Waals surface area contributed by atoms with Crippen LogP contribution in [-0.2, 0) is 14.8 Å². The molecule has 0 unspecified atom stereocenters. The Morgan fingerprint density at radius 3 is 2.27 bits per heavy atom. The summed E-state index contributed by atoms with van der Waals surface area (Å²) >= 11 is 3.32. The quantitative estimate of drug-likeness (QED) is 0.109. The molecule has 210 valence electrons. The fourth-order valence-electron chi connectivity index (χ4n) is 3.67. The summed E-state index contributed by atoms with van der Waals surface area (Å²) in [4.78, 5) is 25.0. The molecule has 4 aromatic rings. The first-order valence-corrected chi connectivity index (χ1v) is 14.5. The van der Waals surface area contributed by atoms with Crippen molar-refractivity contribution < 1.29 is 27.5 Å². The van der Waals surface area contributed by atoms with Gasteiger partial charge in [-0.3, -0.25) is 9.10 Å². The van der Waals surface area contributed by atoms with Crippen LogP contribution in [0.3, 0.4) is 0 Å². The molecule has 0 fully saturated rings. The van der Waals surface area contributed by atoms with Crippen LogP contribution in [0.1, 0.15) is 21.5 Å². The first-order valence-electron chi connectivity index (χ1n) is 12.3. The summed E-state index contributed by atoms with van der Waals surface area (Å²) in [6.45, 7) is 1.37. The number of carbonyl (C=O) groups is 2. The number of methoxy groups -OCH3 is 1. The molecule has 41 heavy (non-hydrogen) atoms. The van der Waals surface area contributed by atoms with Gasteiger partial charge >= 0.3 is 5.97 Å². The van der Waals surface area contributed by atoms with Crippen LogP contribution >= 0.6 is 15.9 Å². The van der Waals surface area contributed by atoms with Crippen molar-refractivity contribution in [3.8, 4) is 11.5 Å². The Morgan fingerprint density at radius 2 is 1.63 bits per heavy atom. The lowest BCUT2D eigenvalue weighted by Crippen LogP contribution is -2.39. The second-order valence-electron chi connectivity index (χ2n) is 8.76. The Morgan fingerprint density at radius 1 is 0.951 bits per heavy atom. The smallest absolute Gasteiger partial charge is 0.343 e. The number of benzene rings is 4. The number of aryl methyl sites for hydroxylation is 1. The van der Waals surface area contributed by atoms with Crippen molar-refractivity contribution in [1.82, 2.24) is 5.43 Å². The summed E-state index contributed by atoms with van der Waals surface area (Å²) in [5.41, 5.74) is 4.69. The summed E-state index contributed by atoms with van der Waals surface area (Å²) < 4.78 is 39.2. The average Bonchev–Trinajstić information content (AvgIpc) is 2.97. The summed E-state index contributed by atoms with van der Waals surface area (Å²) in [6, 6.07) is 26.3. The maximum absolute atomic E-state index is 13.6. The van der Waals surface area contributed by atoms with Crippen molar-refractivity contribution >= 4 is 49.7 Å². The molecule has 1 amide bonds. The minimum Gasteiger partial charge on any atom is -0.496 e. The van der Waals surface area contributed by atoms with E-state index in [0.717, 1.165) is 9.87 Å². The van der Waals surface area contributed by atoms with E-state index in [4.69, 9.17) is 9.47 Å². The van der Waals surface area contributed by atoms with Crippen molar-refractivity contribution in [3.63, 3.8) is 0 Å². The van der Waals surface area contributed by atoms with Crippen LogP contribution in [0.4, 0.5) is 5.69 Å². The van der Waals surface area contributed by atoms with Crippen LogP contribution in [-0.4, -0.2) is 40.2 Å². The number of esters is 1. The molecule has 9 nitrogen and oxygen atoms in total. The normalized spacial score (nSPS) is 11.2. The molecule has 0 saturated heterocycles. The summed E-state index contributed by atoms with van der Waals surface area (Å²) in [5.74, 6) is -0.301. The van der Waals surface area contributed by atoms with E-state index in [-0.39, 0.29) is 4.90 Å². The lowest BCUT2D eigenvalue weighted by molar-refractivity contribution is -0.119. The van der Waals surface area contributed by atoms with Crippen molar-refractivity contribution in [2.75, 3.05) is 18.0 Å². The molecule has 0 heterocycles. The molecule has 0 bridgehead atoms. The highest BCUT2D eigenvalue weighted by molar-refractivity contribution is 9.10. The molecule has 0 aromatic heterocycles.